The van der Waals surface area contributed by atoms with E-state index in [0.29, 0.717) is 13.0 Å². The number of aromatic nitrogens is 3. The third-order valence-corrected chi connectivity index (χ3v) is 3.18. The molecule has 0 amide bonds. The minimum Gasteiger partial charge on any atom is -0.496 e. The average molecular weight is 260 g/mol. The zero-order valence-electron chi connectivity index (χ0n) is 11.7. The molecule has 0 aliphatic rings. The minimum atomic E-state index is 0.398. The lowest BCUT2D eigenvalue weighted by Gasteiger charge is -2.08. The monoisotopic (exact) mass is 260 g/mol. The lowest BCUT2D eigenvalue weighted by molar-refractivity contribution is 0.410. The van der Waals surface area contributed by atoms with Gasteiger partial charge in [-0.15, -0.1) is 0 Å². The van der Waals surface area contributed by atoms with Crippen molar-refractivity contribution in [2.24, 2.45) is 12.8 Å². The summed E-state index contributed by atoms with van der Waals surface area (Å²) in [6.07, 6.45) is 1.66. The van der Waals surface area contributed by atoms with Crippen LogP contribution in [-0.2, 0) is 26.4 Å². The van der Waals surface area contributed by atoms with E-state index in [4.69, 9.17) is 10.5 Å². The molecular weight excluding hydrogens is 240 g/mol. The summed E-state index contributed by atoms with van der Waals surface area (Å²) in [5.74, 6) is 2.44. The summed E-state index contributed by atoms with van der Waals surface area (Å²) in [5, 5.41) is 4.38. The van der Waals surface area contributed by atoms with E-state index in [0.717, 1.165) is 29.4 Å². The van der Waals surface area contributed by atoms with Crippen molar-refractivity contribution in [2.75, 3.05) is 7.11 Å². The van der Waals surface area contributed by atoms with Gasteiger partial charge in [-0.2, -0.15) is 5.10 Å². The summed E-state index contributed by atoms with van der Waals surface area (Å²) in [7, 11) is 3.54. The predicted octanol–water partition coefficient (Wildman–Crippen LogP) is 1.44. The fourth-order valence-corrected chi connectivity index (χ4v) is 2.09. The van der Waals surface area contributed by atoms with E-state index in [2.05, 4.69) is 29.1 Å². The Balaban J connectivity index is 2.30. The Morgan fingerprint density at radius 3 is 2.74 bits per heavy atom. The smallest absolute Gasteiger partial charge is 0.155 e. The Morgan fingerprint density at radius 2 is 2.16 bits per heavy atom. The maximum absolute atomic E-state index is 5.61. The van der Waals surface area contributed by atoms with Gasteiger partial charge < -0.3 is 10.5 Å². The molecule has 0 radical (unpaired) electrons. The van der Waals surface area contributed by atoms with Crippen molar-refractivity contribution < 1.29 is 4.74 Å². The van der Waals surface area contributed by atoms with Crippen LogP contribution in [-0.4, -0.2) is 21.9 Å². The number of aryl methyl sites for hydroxylation is 2. The van der Waals surface area contributed by atoms with E-state index in [9.17, 15) is 0 Å². The molecule has 0 unspecified atom stereocenters. The second-order valence-electron chi connectivity index (χ2n) is 4.45. The fraction of sp³-hybridized carbons (Fsp3) is 0.429. The first-order chi connectivity index (χ1) is 9.17. The van der Waals surface area contributed by atoms with Crippen LogP contribution in [0.2, 0.25) is 0 Å². The fourth-order valence-electron chi connectivity index (χ4n) is 2.09. The van der Waals surface area contributed by atoms with Crippen molar-refractivity contribution in [3.05, 3.63) is 41.0 Å². The summed E-state index contributed by atoms with van der Waals surface area (Å²) < 4.78 is 7.12. The minimum absolute atomic E-state index is 0.398. The molecule has 5 nitrogen and oxygen atoms in total. The van der Waals surface area contributed by atoms with Crippen molar-refractivity contribution in [1.29, 1.82) is 0 Å². The summed E-state index contributed by atoms with van der Waals surface area (Å²) in [5.41, 5.74) is 8.00. The third kappa shape index (κ3) is 2.93. The number of hydrogen-bond donors (Lipinski definition) is 1. The maximum atomic E-state index is 5.61. The average Bonchev–Trinajstić information content (AvgIpc) is 2.78. The van der Waals surface area contributed by atoms with Gasteiger partial charge in [0.1, 0.15) is 11.6 Å². The maximum Gasteiger partial charge on any atom is 0.155 e. The van der Waals surface area contributed by atoms with E-state index < -0.39 is 0 Å². The number of benzene rings is 1. The second kappa shape index (κ2) is 5.84. The highest BCUT2D eigenvalue weighted by Crippen LogP contribution is 2.22. The van der Waals surface area contributed by atoms with Gasteiger partial charge in [-0.3, -0.25) is 4.68 Å². The Bertz CT molecular complexity index is 563. The molecule has 0 atom stereocenters. The van der Waals surface area contributed by atoms with Gasteiger partial charge in [0.15, 0.2) is 5.82 Å². The molecule has 5 heteroatoms. The largest absolute Gasteiger partial charge is 0.496 e. The molecule has 0 aliphatic heterocycles. The van der Waals surface area contributed by atoms with Gasteiger partial charge in [-0.25, -0.2) is 4.98 Å². The Labute approximate surface area is 113 Å². The Morgan fingerprint density at radius 1 is 1.37 bits per heavy atom. The number of ether oxygens (including phenoxy) is 1. The van der Waals surface area contributed by atoms with E-state index in [1.54, 1.807) is 11.8 Å². The zero-order valence-corrected chi connectivity index (χ0v) is 11.7. The highest BCUT2D eigenvalue weighted by atomic mass is 16.5. The first-order valence-electron chi connectivity index (χ1n) is 6.42. The zero-order chi connectivity index (χ0) is 13.8. The summed E-state index contributed by atoms with van der Waals surface area (Å²) >= 11 is 0. The van der Waals surface area contributed by atoms with Crippen LogP contribution in [0.4, 0.5) is 0 Å². The van der Waals surface area contributed by atoms with Crippen molar-refractivity contribution in [2.45, 2.75) is 26.3 Å². The van der Waals surface area contributed by atoms with Gasteiger partial charge in [0.05, 0.1) is 13.7 Å². The van der Waals surface area contributed by atoms with Gasteiger partial charge in [0.2, 0.25) is 0 Å². The van der Waals surface area contributed by atoms with Gasteiger partial charge in [-0.05, 0) is 18.1 Å². The number of methoxy groups -OCH3 is 1. The topological polar surface area (TPSA) is 66.0 Å². The van der Waals surface area contributed by atoms with Crippen LogP contribution in [0, 0.1) is 0 Å². The van der Waals surface area contributed by atoms with Gasteiger partial charge >= 0.3 is 0 Å². The van der Waals surface area contributed by atoms with Crippen LogP contribution in [0.25, 0.3) is 0 Å². The third-order valence-electron chi connectivity index (χ3n) is 3.18. The molecule has 1 aromatic heterocycles. The molecule has 0 saturated carbocycles. The molecule has 0 spiro atoms. The molecule has 0 bridgehead atoms. The molecule has 0 aliphatic carbocycles. The van der Waals surface area contributed by atoms with Crippen LogP contribution in [0.5, 0.6) is 5.75 Å². The van der Waals surface area contributed by atoms with Crippen molar-refractivity contribution in [3.8, 4) is 5.75 Å². The van der Waals surface area contributed by atoms with Crippen LogP contribution in [0.15, 0.2) is 18.2 Å². The molecule has 102 valence electrons. The van der Waals surface area contributed by atoms with E-state index >= 15 is 0 Å². The molecule has 2 N–H and O–H groups in total. The summed E-state index contributed by atoms with van der Waals surface area (Å²) in [6, 6.07) is 6.23. The van der Waals surface area contributed by atoms with E-state index in [-0.39, 0.29) is 0 Å². The lowest BCUT2D eigenvalue weighted by Crippen LogP contribution is -2.05. The number of nitrogens with two attached hydrogens (primary N) is 1. The van der Waals surface area contributed by atoms with Crippen LogP contribution in [0.1, 0.15) is 29.7 Å². The molecule has 19 heavy (non-hydrogen) atoms. The lowest BCUT2D eigenvalue weighted by atomic mass is 10.0. The van der Waals surface area contributed by atoms with E-state index in [1.807, 2.05) is 13.1 Å². The van der Waals surface area contributed by atoms with Gasteiger partial charge in [-0.1, -0.05) is 19.1 Å². The van der Waals surface area contributed by atoms with Gasteiger partial charge in [0.25, 0.3) is 0 Å². The Kier molecular flexibility index (Phi) is 4.16. The SMILES string of the molecule is CCc1ccc(OC)c(Cc2nc(CN)n(C)n2)c1. The van der Waals surface area contributed by atoms with Crippen LogP contribution < -0.4 is 10.5 Å². The number of rotatable bonds is 5. The molecule has 1 aromatic carbocycles. The first kappa shape index (κ1) is 13.5. The summed E-state index contributed by atoms with van der Waals surface area (Å²) in [4.78, 5) is 4.43. The first-order valence-corrected chi connectivity index (χ1v) is 6.42. The second-order valence-corrected chi connectivity index (χ2v) is 4.45. The van der Waals surface area contributed by atoms with Crippen molar-refractivity contribution in [3.63, 3.8) is 0 Å². The molecular formula is C14H20N4O. The molecule has 2 aromatic rings. The molecule has 1 heterocycles. The molecule has 0 saturated heterocycles. The quantitative estimate of drug-likeness (QED) is 0.883. The molecule has 2 rings (SSSR count). The molecule has 0 fully saturated rings. The normalized spacial score (nSPS) is 10.7. The number of nitrogens with zero attached hydrogens (tertiary/aromatic N) is 3. The van der Waals surface area contributed by atoms with E-state index in [1.165, 1.54) is 5.56 Å². The standard InChI is InChI=1S/C14H20N4O/c1-4-10-5-6-12(19-3)11(7-10)8-13-16-14(9-15)18(2)17-13/h5-7H,4,8-9,15H2,1-3H3. The van der Waals surface area contributed by atoms with Crippen molar-refractivity contribution >= 4 is 0 Å². The predicted molar refractivity (Wildman–Crippen MR) is 74.1 cm³/mol. The highest BCUT2D eigenvalue weighted by molar-refractivity contribution is 5.39. The van der Waals surface area contributed by atoms with Crippen LogP contribution in [0.3, 0.4) is 0 Å². The van der Waals surface area contributed by atoms with Crippen molar-refractivity contribution in [1.82, 2.24) is 14.8 Å². The number of hydrogen-bond acceptors (Lipinski definition) is 4. The highest BCUT2D eigenvalue weighted by Gasteiger charge is 2.10. The Hall–Kier alpha value is -1.88. The van der Waals surface area contributed by atoms with Crippen LogP contribution >= 0.6 is 0 Å². The van der Waals surface area contributed by atoms with Gasteiger partial charge in [0, 0.05) is 19.0 Å². The summed E-state index contributed by atoms with van der Waals surface area (Å²) in [6.45, 7) is 2.53.